The van der Waals surface area contributed by atoms with Crippen molar-refractivity contribution in [2.75, 3.05) is 19.6 Å². The van der Waals surface area contributed by atoms with E-state index in [-0.39, 0.29) is 11.3 Å². The maximum atomic E-state index is 14.4. The molecule has 4 aliphatic rings. The molecule has 0 radical (unpaired) electrons. The Morgan fingerprint density at radius 3 is 2.58 bits per heavy atom. The fourth-order valence-electron chi connectivity index (χ4n) is 7.81. The molecule has 6 rings (SSSR count). The van der Waals surface area contributed by atoms with Gasteiger partial charge in [0.25, 0.3) is 0 Å². The molecule has 2 aromatic carbocycles. The molecule has 1 spiro atoms. The number of benzene rings is 2. The molecule has 3 heteroatoms. The van der Waals surface area contributed by atoms with Crippen LogP contribution in [0.3, 0.4) is 0 Å². The van der Waals surface area contributed by atoms with Crippen LogP contribution in [0.25, 0.3) is 0 Å². The number of carbonyl (C=O) groups is 1. The molecule has 4 atom stereocenters. The van der Waals surface area contributed by atoms with E-state index in [9.17, 15) is 4.79 Å². The molecule has 2 aromatic rings. The second-order valence-corrected chi connectivity index (χ2v) is 11.1. The number of amides is 1. The molecule has 174 valence electrons. The molecule has 0 unspecified atom stereocenters. The first kappa shape index (κ1) is 21.4. The van der Waals surface area contributed by atoms with E-state index in [1.807, 2.05) is 0 Å². The van der Waals surface area contributed by atoms with E-state index in [0.717, 1.165) is 45.3 Å². The van der Waals surface area contributed by atoms with Gasteiger partial charge in [0.15, 0.2) is 0 Å². The van der Waals surface area contributed by atoms with E-state index >= 15 is 0 Å². The van der Waals surface area contributed by atoms with E-state index in [4.69, 9.17) is 0 Å². The molecule has 3 nitrogen and oxygen atoms in total. The van der Waals surface area contributed by atoms with E-state index in [0.29, 0.717) is 23.8 Å². The predicted molar refractivity (Wildman–Crippen MR) is 133 cm³/mol. The van der Waals surface area contributed by atoms with Gasteiger partial charge in [0.2, 0.25) is 5.91 Å². The Labute approximate surface area is 199 Å². The number of piperidine rings is 1. The first-order valence-corrected chi connectivity index (χ1v) is 13.4. The summed E-state index contributed by atoms with van der Waals surface area (Å²) in [6.45, 7) is 2.71. The highest BCUT2D eigenvalue weighted by Gasteiger charge is 2.53. The van der Waals surface area contributed by atoms with Crippen molar-refractivity contribution in [2.45, 2.75) is 75.2 Å². The zero-order valence-corrected chi connectivity index (χ0v) is 19.8. The van der Waals surface area contributed by atoms with Gasteiger partial charge in [-0.15, -0.1) is 0 Å². The minimum atomic E-state index is 0.00106. The molecule has 0 bridgehead atoms. The number of aryl methyl sites for hydroxylation is 1. The highest BCUT2D eigenvalue weighted by Crippen LogP contribution is 2.48. The number of rotatable bonds is 3. The summed E-state index contributed by atoms with van der Waals surface area (Å²) in [6.07, 6.45) is 11.1. The van der Waals surface area contributed by atoms with Crippen LogP contribution >= 0.6 is 0 Å². The average molecular weight is 443 g/mol. The zero-order valence-electron chi connectivity index (χ0n) is 19.8. The topological polar surface area (TPSA) is 32.3 Å². The molecule has 2 aliphatic carbocycles. The summed E-state index contributed by atoms with van der Waals surface area (Å²) < 4.78 is 0. The Hall–Kier alpha value is -2.13. The number of nitrogens with one attached hydrogen (secondary N) is 1. The van der Waals surface area contributed by atoms with Crippen molar-refractivity contribution in [3.05, 3.63) is 71.3 Å². The van der Waals surface area contributed by atoms with Crippen LogP contribution in [0.15, 0.2) is 54.6 Å². The van der Waals surface area contributed by atoms with Gasteiger partial charge in [-0.3, -0.25) is 4.79 Å². The highest BCUT2D eigenvalue weighted by atomic mass is 16.2. The summed E-state index contributed by atoms with van der Waals surface area (Å²) in [5.74, 6) is 1.79. The summed E-state index contributed by atoms with van der Waals surface area (Å²) in [6, 6.07) is 20.4. The number of hydrogen-bond acceptors (Lipinski definition) is 2. The largest absolute Gasteiger partial charge is 0.339 e. The second-order valence-electron chi connectivity index (χ2n) is 11.1. The summed E-state index contributed by atoms with van der Waals surface area (Å²) in [4.78, 5) is 16.7. The van der Waals surface area contributed by atoms with Crippen LogP contribution in [-0.4, -0.2) is 36.5 Å². The molecule has 2 saturated heterocycles. The lowest BCUT2D eigenvalue weighted by atomic mass is 9.71. The van der Waals surface area contributed by atoms with Crippen molar-refractivity contribution < 1.29 is 4.79 Å². The van der Waals surface area contributed by atoms with Crippen LogP contribution in [-0.2, 0) is 16.6 Å². The van der Waals surface area contributed by atoms with E-state index < -0.39 is 0 Å². The van der Waals surface area contributed by atoms with Crippen molar-refractivity contribution in [3.8, 4) is 0 Å². The van der Waals surface area contributed by atoms with Gasteiger partial charge in [0.1, 0.15) is 0 Å². The fourth-order valence-corrected chi connectivity index (χ4v) is 7.81. The molecule has 3 fully saturated rings. The van der Waals surface area contributed by atoms with Gasteiger partial charge in [-0.1, -0.05) is 73.9 Å². The van der Waals surface area contributed by atoms with Gasteiger partial charge in [-0.05, 0) is 67.1 Å². The van der Waals surface area contributed by atoms with Gasteiger partial charge >= 0.3 is 0 Å². The lowest BCUT2D eigenvalue weighted by Crippen LogP contribution is -2.54. The Morgan fingerprint density at radius 1 is 0.939 bits per heavy atom. The van der Waals surface area contributed by atoms with Crippen LogP contribution in [0.1, 0.15) is 74.0 Å². The number of nitrogens with zero attached hydrogens (tertiary/aromatic N) is 1. The second kappa shape index (κ2) is 8.91. The van der Waals surface area contributed by atoms with Gasteiger partial charge in [0, 0.05) is 31.1 Å². The zero-order chi connectivity index (χ0) is 22.3. The fraction of sp³-hybridized carbons (Fsp3) is 0.567. The minimum absolute atomic E-state index is 0.00106. The van der Waals surface area contributed by atoms with Crippen molar-refractivity contribution in [1.82, 2.24) is 10.2 Å². The Balaban J connectivity index is 1.29. The Bertz CT molecular complexity index is 982. The van der Waals surface area contributed by atoms with Crippen molar-refractivity contribution in [1.29, 1.82) is 0 Å². The predicted octanol–water partition coefficient (Wildman–Crippen LogP) is 5.45. The van der Waals surface area contributed by atoms with Gasteiger partial charge in [0.05, 0.1) is 5.92 Å². The van der Waals surface area contributed by atoms with Gasteiger partial charge in [-0.2, -0.15) is 0 Å². The summed E-state index contributed by atoms with van der Waals surface area (Å²) in [7, 11) is 0. The molecule has 33 heavy (non-hydrogen) atoms. The maximum absolute atomic E-state index is 14.4. The van der Waals surface area contributed by atoms with Crippen LogP contribution in [0.4, 0.5) is 0 Å². The first-order valence-electron chi connectivity index (χ1n) is 13.4. The molecule has 0 aromatic heterocycles. The number of carbonyl (C=O) groups excluding carboxylic acids is 1. The van der Waals surface area contributed by atoms with E-state index in [2.05, 4.69) is 64.8 Å². The molecule has 1 amide bonds. The van der Waals surface area contributed by atoms with E-state index in [1.54, 1.807) is 0 Å². The normalized spacial score (nSPS) is 32.2. The van der Waals surface area contributed by atoms with Crippen LogP contribution in [0.2, 0.25) is 0 Å². The first-order chi connectivity index (χ1) is 16.3. The maximum Gasteiger partial charge on any atom is 0.228 e. The summed E-state index contributed by atoms with van der Waals surface area (Å²) in [5.41, 5.74) is 4.38. The average Bonchev–Trinajstić information content (AvgIpc) is 3.49. The van der Waals surface area contributed by atoms with E-state index in [1.165, 1.54) is 48.8 Å². The van der Waals surface area contributed by atoms with Gasteiger partial charge < -0.3 is 10.2 Å². The molecular formula is C30H38N2O. The standard InChI is InChI=1S/C30H38N2O/c33-29(27-20-31-21-30(27)17-15-23-11-7-8-14-26(23)30)32-18-16-25(22-9-3-1-4-10-22)19-28(32)24-12-5-2-6-13-24/h1,3-4,7-11,14,24-25,27-28,31H,2,5-6,12-13,15-21H2/t25-,27+,28+,30+/m1/s1. The molecule has 2 aliphatic heterocycles. The SMILES string of the molecule is O=C([C@@H]1CNC[C@]12CCc1ccccc12)N1CC[C@@H](c2ccccc2)C[C@H]1C1CCCCC1. The van der Waals surface area contributed by atoms with Crippen molar-refractivity contribution in [3.63, 3.8) is 0 Å². The third-order valence-electron chi connectivity index (χ3n) is 9.54. The third kappa shape index (κ3) is 3.73. The Kier molecular flexibility index (Phi) is 5.78. The summed E-state index contributed by atoms with van der Waals surface area (Å²) >= 11 is 0. The molecule has 1 N–H and O–H groups in total. The van der Waals surface area contributed by atoms with Crippen molar-refractivity contribution in [2.24, 2.45) is 11.8 Å². The van der Waals surface area contributed by atoms with Crippen LogP contribution in [0, 0.1) is 11.8 Å². The number of fused-ring (bicyclic) bond motifs is 2. The highest BCUT2D eigenvalue weighted by molar-refractivity contribution is 5.82. The Morgan fingerprint density at radius 2 is 1.73 bits per heavy atom. The van der Waals surface area contributed by atoms with Crippen molar-refractivity contribution >= 4 is 5.91 Å². The molecular weight excluding hydrogens is 404 g/mol. The quantitative estimate of drug-likeness (QED) is 0.686. The number of likely N-dealkylation sites (tertiary alicyclic amines) is 1. The summed E-state index contributed by atoms with van der Waals surface area (Å²) in [5, 5.41) is 3.65. The molecule has 2 heterocycles. The monoisotopic (exact) mass is 442 g/mol. The van der Waals surface area contributed by atoms with Crippen LogP contribution in [0.5, 0.6) is 0 Å². The smallest absolute Gasteiger partial charge is 0.228 e. The lowest BCUT2D eigenvalue weighted by molar-refractivity contribution is -0.142. The minimum Gasteiger partial charge on any atom is -0.339 e. The third-order valence-corrected chi connectivity index (χ3v) is 9.54. The van der Waals surface area contributed by atoms with Gasteiger partial charge in [-0.25, -0.2) is 0 Å². The number of hydrogen-bond donors (Lipinski definition) is 1. The van der Waals surface area contributed by atoms with Crippen LogP contribution < -0.4 is 5.32 Å². The lowest BCUT2D eigenvalue weighted by Gasteiger charge is -2.47. The molecule has 1 saturated carbocycles.